The first-order valence-corrected chi connectivity index (χ1v) is 10.9. The lowest BCUT2D eigenvalue weighted by atomic mass is 10.1. The summed E-state index contributed by atoms with van der Waals surface area (Å²) < 4.78 is 25.8. The first-order chi connectivity index (χ1) is 13.4. The van der Waals surface area contributed by atoms with Crippen LogP contribution < -0.4 is 0 Å². The molecule has 1 aromatic heterocycles. The van der Waals surface area contributed by atoms with Crippen LogP contribution in [0.15, 0.2) is 59.5 Å². The number of nitrogens with zero attached hydrogens (tertiary/aromatic N) is 2. The summed E-state index contributed by atoms with van der Waals surface area (Å²) in [5, 5.41) is 0.754. The van der Waals surface area contributed by atoms with Crippen LogP contribution in [0, 0.1) is 6.92 Å². The Kier molecular flexibility index (Phi) is 4.85. The molecule has 0 radical (unpaired) electrons. The summed E-state index contributed by atoms with van der Waals surface area (Å²) in [4.78, 5) is 19.5. The largest absolute Gasteiger partial charge is 0.337 e. The molecule has 5 nitrogen and oxygen atoms in total. The molecule has 7 heteroatoms. The van der Waals surface area contributed by atoms with Gasteiger partial charge in [-0.1, -0.05) is 29.8 Å². The van der Waals surface area contributed by atoms with E-state index in [1.54, 1.807) is 23.1 Å². The second-order valence-corrected chi connectivity index (χ2v) is 9.66. The van der Waals surface area contributed by atoms with Gasteiger partial charge in [-0.2, -0.15) is 0 Å². The number of halogens is 1. The van der Waals surface area contributed by atoms with Crippen molar-refractivity contribution in [3.63, 3.8) is 0 Å². The van der Waals surface area contributed by atoms with E-state index in [9.17, 15) is 13.2 Å². The predicted molar refractivity (Wildman–Crippen MR) is 109 cm³/mol. The van der Waals surface area contributed by atoms with Crippen molar-refractivity contribution in [2.45, 2.75) is 23.5 Å². The highest BCUT2D eigenvalue weighted by molar-refractivity contribution is 7.92. The molecule has 0 spiro atoms. The Hall–Kier alpha value is -2.44. The highest BCUT2D eigenvalue weighted by atomic mass is 35.5. The van der Waals surface area contributed by atoms with Gasteiger partial charge in [-0.15, -0.1) is 0 Å². The summed E-state index contributed by atoms with van der Waals surface area (Å²) >= 11 is 5.86. The lowest BCUT2D eigenvalue weighted by Gasteiger charge is -2.18. The normalized spacial score (nSPS) is 17.2. The Labute approximate surface area is 168 Å². The number of pyridine rings is 1. The summed E-state index contributed by atoms with van der Waals surface area (Å²) in [7, 11) is -3.52. The Morgan fingerprint density at radius 3 is 2.61 bits per heavy atom. The number of amides is 1. The minimum absolute atomic E-state index is 0.173. The number of likely N-dealkylation sites (tertiary alicyclic amines) is 1. The van der Waals surface area contributed by atoms with E-state index in [0.29, 0.717) is 29.1 Å². The van der Waals surface area contributed by atoms with E-state index in [0.717, 1.165) is 11.1 Å². The number of fused-ring (bicyclic) bond motifs is 1. The highest BCUT2D eigenvalue weighted by Gasteiger charge is 2.36. The van der Waals surface area contributed by atoms with Gasteiger partial charge < -0.3 is 4.90 Å². The molecule has 1 saturated heterocycles. The molecule has 1 atom stereocenters. The van der Waals surface area contributed by atoms with Crippen molar-refractivity contribution in [3.05, 3.63) is 70.9 Å². The van der Waals surface area contributed by atoms with Gasteiger partial charge in [-0.25, -0.2) is 8.42 Å². The van der Waals surface area contributed by atoms with Gasteiger partial charge in [-0.3, -0.25) is 9.78 Å². The summed E-state index contributed by atoms with van der Waals surface area (Å²) in [5.74, 6) is -0.183. The molecule has 3 aromatic rings. The lowest BCUT2D eigenvalue weighted by molar-refractivity contribution is 0.0795. The molecule has 1 amide bonds. The molecule has 0 bridgehead atoms. The summed E-state index contributed by atoms with van der Waals surface area (Å²) in [6, 6.07) is 15.5. The number of hydrogen-bond acceptors (Lipinski definition) is 4. The van der Waals surface area contributed by atoms with E-state index < -0.39 is 15.1 Å². The Balaban J connectivity index is 1.60. The number of benzene rings is 2. The van der Waals surface area contributed by atoms with Crippen molar-refractivity contribution in [1.82, 2.24) is 9.88 Å². The van der Waals surface area contributed by atoms with Crippen molar-refractivity contribution >= 4 is 38.2 Å². The van der Waals surface area contributed by atoms with E-state index in [4.69, 9.17) is 11.6 Å². The number of carbonyl (C=O) groups is 1. The third-order valence-corrected chi connectivity index (χ3v) is 7.55. The van der Waals surface area contributed by atoms with E-state index in [2.05, 4.69) is 4.98 Å². The molecule has 28 heavy (non-hydrogen) atoms. The van der Waals surface area contributed by atoms with E-state index in [1.165, 1.54) is 12.1 Å². The molecule has 0 aliphatic carbocycles. The van der Waals surface area contributed by atoms with Crippen molar-refractivity contribution in [2.24, 2.45) is 0 Å². The molecule has 0 N–H and O–H groups in total. The zero-order valence-corrected chi connectivity index (χ0v) is 16.9. The fourth-order valence-corrected chi connectivity index (χ4v) is 5.39. The molecule has 1 fully saturated rings. The zero-order valence-electron chi connectivity index (χ0n) is 15.3. The molecule has 1 aliphatic heterocycles. The summed E-state index contributed by atoms with van der Waals surface area (Å²) in [5.41, 5.74) is 1.99. The molecular weight excluding hydrogens is 396 g/mol. The maximum Gasteiger partial charge on any atom is 0.256 e. The van der Waals surface area contributed by atoms with Crippen molar-refractivity contribution in [1.29, 1.82) is 0 Å². The van der Waals surface area contributed by atoms with Gasteiger partial charge in [0.15, 0.2) is 9.84 Å². The fraction of sp³-hybridized carbons (Fsp3) is 0.238. The number of hydrogen-bond donors (Lipinski definition) is 0. The van der Waals surface area contributed by atoms with Crippen LogP contribution in [0.5, 0.6) is 0 Å². The molecule has 2 heterocycles. The SMILES string of the molecule is Cc1ccc2cccc(C(=O)N3CCC(S(=O)(=O)c4ccc(Cl)cc4)C3)c2n1. The van der Waals surface area contributed by atoms with Crippen LogP contribution in [-0.2, 0) is 9.84 Å². The summed E-state index contributed by atoms with van der Waals surface area (Å²) in [6.45, 7) is 2.45. The minimum atomic E-state index is -3.52. The van der Waals surface area contributed by atoms with Crippen molar-refractivity contribution in [2.75, 3.05) is 13.1 Å². The first-order valence-electron chi connectivity index (χ1n) is 9.01. The monoisotopic (exact) mass is 414 g/mol. The molecule has 1 aliphatic rings. The molecule has 4 rings (SSSR count). The van der Waals surface area contributed by atoms with Crippen molar-refractivity contribution < 1.29 is 13.2 Å². The number of sulfone groups is 1. The van der Waals surface area contributed by atoms with Gasteiger partial charge in [0.05, 0.1) is 21.2 Å². The van der Waals surface area contributed by atoms with E-state index >= 15 is 0 Å². The van der Waals surface area contributed by atoms with Crippen molar-refractivity contribution in [3.8, 4) is 0 Å². The Bertz CT molecular complexity index is 1160. The highest BCUT2D eigenvalue weighted by Crippen LogP contribution is 2.27. The number of aromatic nitrogens is 1. The van der Waals surface area contributed by atoms with Crippen LogP contribution in [0.25, 0.3) is 10.9 Å². The third kappa shape index (κ3) is 3.38. The molecule has 144 valence electrons. The van der Waals surface area contributed by atoms with Gasteiger partial charge in [0.25, 0.3) is 5.91 Å². The van der Waals surface area contributed by atoms with Crippen LogP contribution in [0.2, 0.25) is 5.02 Å². The molecule has 1 unspecified atom stereocenters. The molecule has 2 aromatic carbocycles. The van der Waals surface area contributed by atoms with Crippen LogP contribution in [0.1, 0.15) is 22.5 Å². The van der Waals surface area contributed by atoms with E-state index in [-0.39, 0.29) is 17.3 Å². The second kappa shape index (κ2) is 7.18. The number of rotatable bonds is 3. The van der Waals surface area contributed by atoms with Crippen LogP contribution in [0.4, 0.5) is 0 Å². The quantitative estimate of drug-likeness (QED) is 0.652. The summed E-state index contributed by atoms with van der Waals surface area (Å²) in [6.07, 6.45) is 0.411. The number of para-hydroxylation sites is 1. The van der Waals surface area contributed by atoms with Gasteiger partial charge in [0, 0.05) is 29.2 Å². The predicted octanol–water partition coefficient (Wildman–Crippen LogP) is 3.89. The zero-order chi connectivity index (χ0) is 19.9. The standard InChI is InChI=1S/C21H19ClN2O3S/c1-14-5-6-15-3-2-4-19(20(15)23-14)21(25)24-12-11-18(13-24)28(26,27)17-9-7-16(22)8-10-17/h2-10,18H,11-13H2,1H3. The maximum absolute atomic E-state index is 13.1. The van der Waals surface area contributed by atoms with Crippen LogP contribution in [-0.4, -0.2) is 42.5 Å². The topological polar surface area (TPSA) is 67.3 Å². The van der Waals surface area contributed by atoms with Gasteiger partial charge >= 0.3 is 0 Å². The Morgan fingerprint density at radius 2 is 1.86 bits per heavy atom. The third-order valence-electron chi connectivity index (χ3n) is 5.10. The van der Waals surface area contributed by atoms with Gasteiger partial charge in [0.1, 0.15) is 0 Å². The van der Waals surface area contributed by atoms with E-state index in [1.807, 2.05) is 31.2 Å². The average Bonchev–Trinajstić information content (AvgIpc) is 3.18. The number of carbonyl (C=O) groups excluding carboxylic acids is 1. The molecule has 0 saturated carbocycles. The minimum Gasteiger partial charge on any atom is -0.337 e. The fourth-order valence-electron chi connectivity index (χ4n) is 3.57. The lowest BCUT2D eigenvalue weighted by Crippen LogP contribution is -2.32. The number of aryl methyl sites for hydroxylation is 1. The van der Waals surface area contributed by atoms with Gasteiger partial charge in [-0.05, 0) is 49.7 Å². The Morgan fingerprint density at radius 1 is 1.11 bits per heavy atom. The van der Waals surface area contributed by atoms with Gasteiger partial charge in [0.2, 0.25) is 0 Å². The first kappa shape index (κ1) is 18.9. The average molecular weight is 415 g/mol. The maximum atomic E-state index is 13.1. The molecular formula is C21H19ClN2O3S. The van der Waals surface area contributed by atoms with Crippen LogP contribution >= 0.6 is 11.6 Å². The second-order valence-electron chi connectivity index (χ2n) is 6.99. The van der Waals surface area contributed by atoms with Crippen LogP contribution in [0.3, 0.4) is 0 Å². The smallest absolute Gasteiger partial charge is 0.256 e.